The van der Waals surface area contributed by atoms with Crippen LogP contribution in [0.3, 0.4) is 0 Å². The lowest BCUT2D eigenvalue weighted by atomic mass is 10.0. The summed E-state index contributed by atoms with van der Waals surface area (Å²) in [7, 11) is 0. The number of nitrogens with zero attached hydrogens (tertiary/aromatic N) is 2. The van der Waals surface area contributed by atoms with Gasteiger partial charge in [-0.15, -0.1) is 22.7 Å². The molecular formula is C19H13BrN2O2S2. The second-order valence-electron chi connectivity index (χ2n) is 5.80. The molecule has 0 radical (unpaired) electrons. The molecule has 0 saturated heterocycles. The number of carbonyl (C=O) groups is 1. The maximum atomic E-state index is 13.1. The Morgan fingerprint density at radius 2 is 2.00 bits per heavy atom. The van der Waals surface area contributed by atoms with Gasteiger partial charge < -0.3 is 0 Å². The van der Waals surface area contributed by atoms with E-state index in [1.54, 1.807) is 6.07 Å². The highest BCUT2D eigenvalue weighted by atomic mass is 79.9. The average Bonchev–Trinajstić information content (AvgIpc) is 3.26. The summed E-state index contributed by atoms with van der Waals surface area (Å²) in [6.45, 7) is 1.99. The molecule has 0 N–H and O–H groups in total. The fraction of sp³-hybridized carbons (Fsp3) is 0.105. The molecule has 7 heteroatoms. The summed E-state index contributed by atoms with van der Waals surface area (Å²) in [4.78, 5) is 32.3. The van der Waals surface area contributed by atoms with Crippen molar-refractivity contribution in [2.24, 2.45) is 0 Å². The van der Waals surface area contributed by atoms with E-state index in [-0.39, 0.29) is 17.9 Å². The number of aryl methyl sites for hydroxylation is 1. The number of halogens is 1. The van der Waals surface area contributed by atoms with E-state index in [4.69, 9.17) is 0 Å². The molecule has 4 nitrogen and oxygen atoms in total. The molecule has 26 heavy (non-hydrogen) atoms. The van der Waals surface area contributed by atoms with Gasteiger partial charge in [0.25, 0.3) is 5.56 Å². The topological polar surface area (TPSA) is 52.0 Å². The van der Waals surface area contributed by atoms with Crippen molar-refractivity contribution in [2.75, 3.05) is 0 Å². The summed E-state index contributed by atoms with van der Waals surface area (Å²) < 4.78 is 2.38. The molecule has 4 rings (SSSR count). The van der Waals surface area contributed by atoms with Crippen LogP contribution in [0.1, 0.15) is 14.5 Å². The van der Waals surface area contributed by atoms with E-state index in [1.807, 2.05) is 42.6 Å². The Labute approximate surface area is 165 Å². The Morgan fingerprint density at radius 1 is 1.23 bits per heavy atom. The van der Waals surface area contributed by atoms with Crippen LogP contribution in [0.2, 0.25) is 0 Å². The molecule has 0 unspecified atom stereocenters. The van der Waals surface area contributed by atoms with Crippen LogP contribution in [0.5, 0.6) is 0 Å². The Hall–Kier alpha value is -2.09. The largest absolute Gasteiger partial charge is 0.291 e. The first-order valence-corrected chi connectivity index (χ1v) is 10.3. The lowest BCUT2D eigenvalue weighted by molar-refractivity contribution is 0.0974. The summed E-state index contributed by atoms with van der Waals surface area (Å²) in [5.41, 5.74) is 1.69. The number of hydrogen-bond acceptors (Lipinski definition) is 5. The third-order valence-electron chi connectivity index (χ3n) is 4.10. The molecule has 0 aliphatic rings. The number of fused-ring (bicyclic) bond motifs is 1. The van der Waals surface area contributed by atoms with E-state index in [9.17, 15) is 9.59 Å². The zero-order chi connectivity index (χ0) is 18.3. The summed E-state index contributed by atoms with van der Waals surface area (Å²) in [5, 5.41) is 2.43. The highest BCUT2D eigenvalue weighted by Gasteiger charge is 2.18. The Morgan fingerprint density at radius 3 is 2.69 bits per heavy atom. The predicted octanol–water partition coefficient (Wildman–Crippen LogP) is 5.14. The van der Waals surface area contributed by atoms with Crippen LogP contribution in [0.25, 0.3) is 21.3 Å². The van der Waals surface area contributed by atoms with Gasteiger partial charge in [-0.05, 0) is 36.1 Å². The van der Waals surface area contributed by atoms with Gasteiger partial charge in [-0.25, -0.2) is 4.98 Å². The number of hydrogen-bond donors (Lipinski definition) is 0. The minimum absolute atomic E-state index is 0.00302. The summed E-state index contributed by atoms with van der Waals surface area (Å²) in [5.74, 6) is -0.0830. The SMILES string of the molecule is Cc1sc2ncn(CC(=O)c3cccs3)c(=O)c2c1-c1ccc(Br)cc1. The van der Waals surface area contributed by atoms with Crippen LogP contribution in [0.4, 0.5) is 0 Å². The smallest absolute Gasteiger partial charge is 0.263 e. The van der Waals surface area contributed by atoms with Crippen LogP contribution in [-0.2, 0) is 6.54 Å². The van der Waals surface area contributed by atoms with Crippen molar-refractivity contribution < 1.29 is 4.79 Å². The van der Waals surface area contributed by atoms with Crippen molar-refractivity contribution in [1.29, 1.82) is 0 Å². The summed E-state index contributed by atoms with van der Waals surface area (Å²) in [6.07, 6.45) is 1.47. The number of ketones is 1. The molecule has 1 aromatic carbocycles. The van der Waals surface area contributed by atoms with Gasteiger partial charge in [0.1, 0.15) is 4.83 Å². The fourth-order valence-electron chi connectivity index (χ4n) is 2.88. The monoisotopic (exact) mass is 444 g/mol. The van der Waals surface area contributed by atoms with Crippen molar-refractivity contribution in [3.8, 4) is 11.1 Å². The molecule has 3 aromatic heterocycles. The highest BCUT2D eigenvalue weighted by molar-refractivity contribution is 9.10. The highest BCUT2D eigenvalue weighted by Crippen LogP contribution is 2.35. The molecule has 4 aromatic rings. The van der Waals surface area contributed by atoms with Gasteiger partial charge in [-0.2, -0.15) is 0 Å². The quantitative estimate of drug-likeness (QED) is 0.409. The maximum Gasteiger partial charge on any atom is 0.263 e. The lowest BCUT2D eigenvalue weighted by Crippen LogP contribution is -2.24. The summed E-state index contributed by atoms with van der Waals surface area (Å²) in [6, 6.07) is 11.5. The van der Waals surface area contributed by atoms with Crippen molar-refractivity contribution in [3.05, 3.63) is 72.7 Å². The molecule has 3 heterocycles. The second-order valence-corrected chi connectivity index (χ2v) is 8.86. The Bertz CT molecular complexity index is 1160. The third-order valence-corrected chi connectivity index (χ3v) is 6.55. The van der Waals surface area contributed by atoms with Crippen LogP contribution >= 0.6 is 38.6 Å². The minimum atomic E-state index is -0.179. The second kappa shape index (κ2) is 6.90. The number of carbonyl (C=O) groups excluding carboxylic acids is 1. The van der Waals surface area contributed by atoms with Crippen LogP contribution in [-0.4, -0.2) is 15.3 Å². The van der Waals surface area contributed by atoms with Gasteiger partial charge in [0.05, 0.1) is 23.1 Å². The van der Waals surface area contributed by atoms with Gasteiger partial charge >= 0.3 is 0 Å². The third kappa shape index (κ3) is 3.06. The Kier molecular flexibility index (Phi) is 4.60. The Balaban J connectivity index is 1.84. The first-order chi connectivity index (χ1) is 12.5. The number of Topliss-reactive ketones (excluding diaryl/α,β-unsaturated/α-hetero) is 1. The number of aromatic nitrogens is 2. The zero-order valence-electron chi connectivity index (χ0n) is 13.7. The molecule has 130 valence electrons. The molecule has 0 bridgehead atoms. The van der Waals surface area contributed by atoms with Crippen molar-refractivity contribution in [2.45, 2.75) is 13.5 Å². The molecule has 0 fully saturated rings. The standard InChI is InChI=1S/C19H13BrN2O2S2/c1-11-16(12-4-6-13(20)7-5-12)17-18(26-11)21-10-22(19(17)24)9-14(23)15-3-2-8-25-15/h2-8,10H,9H2,1H3. The van der Waals surface area contributed by atoms with Gasteiger partial charge in [-0.3, -0.25) is 14.2 Å². The minimum Gasteiger partial charge on any atom is -0.291 e. The van der Waals surface area contributed by atoms with Gasteiger partial charge in [-0.1, -0.05) is 34.1 Å². The molecule has 0 saturated carbocycles. The molecule has 0 aliphatic heterocycles. The summed E-state index contributed by atoms with van der Waals surface area (Å²) >= 11 is 6.31. The molecule has 0 aliphatic carbocycles. The number of thiophene rings is 2. The van der Waals surface area contributed by atoms with E-state index >= 15 is 0 Å². The molecule has 0 atom stereocenters. The maximum absolute atomic E-state index is 13.1. The van der Waals surface area contributed by atoms with Gasteiger partial charge in [0.15, 0.2) is 5.78 Å². The normalized spacial score (nSPS) is 11.2. The number of rotatable bonds is 4. The van der Waals surface area contributed by atoms with Crippen LogP contribution < -0.4 is 5.56 Å². The predicted molar refractivity (Wildman–Crippen MR) is 110 cm³/mol. The zero-order valence-corrected chi connectivity index (χ0v) is 17.0. The van der Waals surface area contributed by atoms with Gasteiger partial charge in [0.2, 0.25) is 0 Å². The molecule has 0 spiro atoms. The van der Waals surface area contributed by atoms with Crippen LogP contribution in [0, 0.1) is 6.92 Å². The van der Waals surface area contributed by atoms with E-state index in [0.717, 1.165) is 20.5 Å². The average molecular weight is 445 g/mol. The first-order valence-electron chi connectivity index (χ1n) is 7.86. The molecular weight excluding hydrogens is 432 g/mol. The van der Waals surface area contributed by atoms with E-state index in [0.29, 0.717) is 15.1 Å². The fourth-order valence-corrected chi connectivity index (χ4v) is 4.81. The lowest BCUT2D eigenvalue weighted by Gasteiger charge is -2.06. The van der Waals surface area contributed by atoms with Crippen molar-refractivity contribution >= 4 is 54.6 Å². The molecule has 0 amide bonds. The van der Waals surface area contributed by atoms with Crippen molar-refractivity contribution in [1.82, 2.24) is 9.55 Å². The van der Waals surface area contributed by atoms with E-state index in [2.05, 4.69) is 20.9 Å². The number of benzene rings is 1. The van der Waals surface area contributed by atoms with Crippen molar-refractivity contribution in [3.63, 3.8) is 0 Å². The van der Waals surface area contributed by atoms with E-state index in [1.165, 1.54) is 33.6 Å². The van der Waals surface area contributed by atoms with Gasteiger partial charge in [0, 0.05) is 14.9 Å². The first kappa shape index (κ1) is 17.3. The van der Waals surface area contributed by atoms with Crippen LogP contribution in [0.15, 0.2) is 57.4 Å². The van der Waals surface area contributed by atoms with E-state index < -0.39 is 0 Å².